The largest absolute Gasteiger partial charge is 0.478 e. The van der Waals surface area contributed by atoms with Gasteiger partial charge in [0.05, 0.1) is 0 Å². The third-order valence-electron chi connectivity index (χ3n) is 3.54. The van der Waals surface area contributed by atoms with Crippen LogP contribution >= 0.6 is 0 Å². The van der Waals surface area contributed by atoms with E-state index in [2.05, 4.69) is 15.5 Å². The fourth-order valence-corrected chi connectivity index (χ4v) is 2.76. The van der Waals surface area contributed by atoms with E-state index in [9.17, 15) is 14.4 Å². The normalized spacial score (nSPS) is 26.3. The lowest BCUT2D eigenvalue weighted by molar-refractivity contribution is -0.131. The molecule has 0 radical (unpaired) electrons. The van der Waals surface area contributed by atoms with Crippen molar-refractivity contribution in [3.63, 3.8) is 0 Å². The molecule has 2 aliphatic rings. The van der Waals surface area contributed by atoms with E-state index in [0.29, 0.717) is 12.1 Å². The molecule has 0 aromatic carbocycles. The maximum atomic E-state index is 11.6. The van der Waals surface area contributed by atoms with Gasteiger partial charge < -0.3 is 10.4 Å². The topological polar surface area (TPSA) is 98.7 Å². The molecular weight excluding hydrogens is 250 g/mol. The van der Waals surface area contributed by atoms with Gasteiger partial charge in [-0.25, -0.2) is 9.59 Å². The molecule has 0 aromatic heterocycles. The van der Waals surface area contributed by atoms with E-state index < -0.39 is 17.9 Å². The van der Waals surface area contributed by atoms with E-state index in [4.69, 9.17) is 5.11 Å². The average molecular weight is 267 g/mol. The van der Waals surface area contributed by atoms with Crippen LogP contribution < -0.4 is 10.6 Å². The SMILES string of the molecule is O=C(O)C=CC(=O)NC(=O)NC1CCN2CCCC12. The van der Waals surface area contributed by atoms with Crippen LogP contribution in [0.15, 0.2) is 12.2 Å². The predicted octanol–water partition coefficient (Wildman–Crippen LogP) is -0.310. The van der Waals surface area contributed by atoms with Crippen LogP contribution in [-0.2, 0) is 9.59 Å². The monoisotopic (exact) mass is 267 g/mol. The van der Waals surface area contributed by atoms with Crippen molar-refractivity contribution < 1.29 is 19.5 Å². The molecule has 2 fully saturated rings. The van der Waals surface area contributed by atoms with Gasteiger partial charge in [0.15, 0.2) is 0 Å². The molecule has 2 heterocycles. The first kappa shape index (κ1) is 13.5. The van der Waals surface area contributed by atoms with Crippen molar-refractivity contribution in [1.29, 1.82) is 0 Å². The number of carboxylic acids is 1. The molecule has 2 unspecified atom stereocenters. The first-order valence-corrected chi connectivity index (χ1v) is 6.33. The summed E-state index contributed by atoms with van der Waals surface area (Å²) in [6.07, 6.45) is 4.61. The lowest BCUT2D eigenvalue weighted by Crippen LogP contribution is -2.48. The van der Waals surface area contributed by atoms with Crippen LogP contribution in [0.1, 0.15) is 19.3 Å². The molecule has 7 nitrogen and oxygen atoms in total. The van der Waals surface area contributed by atoms with Crippen molar-refractivity contribution in [2.45, 2.75) is 31.3 Å². The summed E-state index contributed by atoms with van der Waals surface area (Å²) >= 11 is 0. The molecule has 0 aromatic rings. The van der Waals surface area contributed by atoms with Gasteiger partial charge in [-0.15, -0.1) is 0 Å². The molecule has 0 aliphatic carbocycles. The number of nitrogens with one attached hydrogen (secondary N) is 2. The number of carbonyl (C=O) groups is 3. The number of urea groups is 1. The maximum absolute atomic E-state index is 11.6. The number of carbonyl (C=O) groups excluding carboxylic acids is 2. The molecule has 2 rings (SSSR count). The number of nitrogens with zero attached hydrogens (tertiary/aromatic N) is 1. The Morgan fingerprint density at radius 3 is 2.68 bits per heavy atom. The van der Waals surface area contributed by atoms with Crippen molar-refractivity contribution in [2.24, 2.45) is 0 Å². The van der Waals surface area contributed by atoms with Crippen molar-refractivity contribution in [3.8, 4) is 0 Å². The number of hydrogen-bond donors (Lipinski definition) is 3. The van der Waals surface area contributed by atoms with Gasteiger partial charge in [-0.1, -0.05) is 0 Å². The van der Waals surface area contributed by atoms with E-state index >= 15 is 0 Å². The number of imide groups is 1. The summed E-state index contributed by atoms with van der Waals surface area (Å²) in [7, 11) is 0. The van der Waals surface area contributed by atoms with E-state index in [0.717, 1.165) is 38.4 Å². The standard InChI is InChI=1S/C12H17N3O4/c16-10(3-4-11(17)18)14-12(19)13-8-5-7-15-6-1-2-9(8)15/h3-4,8-9H,1-2,5-7H2,(H,17,18)(H2,13,14,16,19). The average Bonchev–Trinajstić information content (AvgIpc) is 2.91. The highest BCUT2D eigenvalue weighted by atomic mass is 16.4. The summed E-state index contributed by atoms with van der Waals surface area (Å²) in [6, 6.07) is -0.132. The Labute approximate surface area is 110 Å². The summed E-state index contributed by atoms with van der Waals surface area (Å²) < 4.78 is 0. The van der Waals surface area contributed by atoms with Crippen molar-refractivity contribution in [3.05, 3.63) is 12.2 Å². The quantitative estimate of drug-likeness (QED) is 0.609. The zero-order valence-electron chi connectivity index (χ0n) is 10.5. The lowest BCUT2D eigenvalue weighted by atomic mass is 10.1. The molecule has 2 atom stereocenters. The molecule has 19 heavy (non-hydrogen) atoms. The van der Waals surface area contributed by atoms with Gasteiger partial charge in [0.1, 0.15) is 0 Å². The Bertz CT molecular complexity index is 421. The van der Waals surface area contributed by atoms with E-state index in [1.807, 2.05) is 0 Å². The van der Waals surface area contributed by atoms with Crippen LogP contribution in [0.25, 0.3) is 0 Å². The zero-order valence-corrected chi connectivity index (χ0v) is 10.5. The van der Waals surface area contributed by atoms with Crippen LogP contribution in [0.5, 0.6) is 0 Å². The minimum Gasteiger partial charge on any atom is -0.478 e. The predicted molar refractivity (Wildman–Crippen MR) is 66.5 cm³/mol. The van der Waals surface area contributed by atoms with Gasteiger partial charge in [0, 0.05) is 30.8 Å². The third-order valence-corrected chi connectivity index (χ3v) is 3.54. The lowest BCUT2D eigenvalue weighted by Gasteiger charge is -2.20. The summed E-state index contributed by atoms with van der Waals surface area (Å²) in [6.45, 7) is 2.05. The van der Waals surface area contributed by atoms with Gasteiger partial charge in [-0.3, -0.25) is 15.0 Å². The van der Waals surface area contributed by atoms with Crippen LogP contribution in [0.2, 0.25) is 0 Å². The van der Waals surface area contributed by atoms with Crippen LogP contribution in [0.4, 0.5) is 4.79 Å². The summed E-state index contributed by atoms with van der Waals surface area (Å²) in [5.74, 6) is -1.96. The molecule has 104 valence electrons. The van der Waals surface area contributed by atoms with Gasteiger partial charge in [0.25, 0.3) is 5.91 Å². The number of aliphatic carboxylic acids is 1. The molecule has 0 saturated carbocycles. The molecule has 0 bridgehead atoms. The van der Waals surface area contributed by atoms with Gasteiger partial charge in [0.2, 0.25) is 0 Å². The van der Waals surface area contributed by atoms with Crippen molar-refractivity contribution in [2.75, 3.05) is 13.1 Å². The molecule has 0 spiro atoms. The third kappa shape index (κ3) is 3.54. The Morgan fingerprint density at radius 2 is 1.95 bits per heavy atom. The van der Waals surface area contributed by atoms with Crippen LogP contribution in [-0.4, -0.2) is 53.1 Å². The molecule has 2 saturated heterocycles. The Morgan fingerprint density at radius 1 is 1.16 bits per heavy atom. The van der Waals surface area contributed by atoms with E-state index in [-0.39, 0.29) is 6.04 Å². The number of fused-ring (bicyclic) bond motifs is 1. The molecule has 3 N–H and O–H groups in total. The molecule has 7 heteroatoms. The number of rotatable bonds is 3. The van der Waals surface area contributed by atoms with Crippen molar-refractivity contribution >= 4 is 17.9 Å². The maximum Gasteiger partial charge on any atom is 0.328 e. The fraction of sp³-hybridized carbons (Fsp3) is 0.583. The Hall–Kier alpha value is -1.89. The molecule has 3 amide bonds. The summed E-state index contributed by atoms with van der Waals surface area (Å²) in [4.78, 5) is 35.4. The van der Waals surface area contributed by atoms with Gasteiger partial charge in [-0.05, 0) is 25.8 Å². The van der Waals surface area contributed by atoms with Crippen LogP contribution in [0.3, 0.4) is 0 Å². The number of carboxylic acid groups (broad SMARTS) is 1. The minimum atomic E-state index is -1.23. The first-order valence-electron chi connectivity index (χ1n) is 6.33. The second kappa shape index (κ2) is 5.83. The zero-order chi connectivity index (χ0) is 13.8. The molecular formula is C12H17N3O4. The highest BCUT2D eigenvalue weighted by Crippen LogP contribution is 2.27. The summed E-state index contributed by atoms with van der Waals surface area (Å²) in [5.41, 5.74) is 0. The second-order valence-electron chi connectivity index (χ2n) is 4.77. The second-order valence-corrected chi connectivity index (χ2v) is 4.77. The summed E-state index contributed by atoms with van der Waals surface area (Å²) in [5, 5.41) is 13.2. The van der Waals surface area contributed by atoms with Gasteiger partial charge >= 0.3 is 12.0 Å². The Kier molecular flexibility index (Phi) is 4.16. The van der Waals surface area contributed by atoms with E-state index in [1.165, 1.54) is 0 Å². The smallest absolute Gasteiger partial charge is 0.328 e. The molecule has 2 aliphatic heterocycles. The fourth-order valence-electron chi connectivity index (χ4n) is 2.76. The first-order chi connectivity index (χ1) is 9.06. The minimum absolute atomic E-state index is 0.0683. The van der Waals surface area contributed by atoms with Gasteiger partial charge in [-0.2, -0.15) is 0 Å². The van der Waals surface area contributed by atoms with E-state index in [1.54, 1.807) is 0 Å². The number of amides is 3. The van der Waals surface area contributed by atoms with Crippen LogP contribution in [0, 0.1) is 0 Å². The van der Waals surface area contributed by atoms with Crippen molar-refractivity contribution in [1.82, 2.24) is 15.5 Å². The highest BCUT2D eigenvalue weighted by molar-refractivity contribution is 6.02. The highest BCUT2D eigenvalue weighted by Gasteiger charge is 2.37. The number of hydrogen-bond acceptors (Lipinski definition) is 4. The Balaban J connectivity index is 1.78.